The van der Waals surface area contributed by atoms with Crippen molar-refractivity contribution in [3.63, 3.8) is 0 Å². The van der Waals surface area contributed by atoms with Crippen LogP contribution in [0, 0.1) is 0 Å². The molecule has 3 heterocycles. The Balaban J connectivity index is 1.04. The largest absolute Gasteiger partial charge is 0.309 e. The van der Waals surface area contributed by atoms with Gasteiger partial charge in [0.25, 0.3) is 0 Å². The van der Waals surface area contributed by atoms with Crippen molar-refractivity contribution in [2.75, 3.05) is 0 Å². The van der Waals surface area contributed by atoms with Gasteiger partial charge < -0.3 is 4.57 Å². The fourth-order valence-corrected chi connectivity index (χ4v) is 10.1. The molecular weight excluding hydrogens is 749 g/mol. The molecule has 4 nitrogen and oxygen atoms in total. The van der Waals surface area contributed by atoms with Gasteiger partial charge in [0.2, 0.25) is 0 Å². The Hall–Kier alpha value is -7.73. The molecule has 12 aromatic rings. The maximum Gasteiger partial charge on any atom is 0.165 e. The summed E-state index contributed by atoms with van der Waals surface area (Å²) in [6.45, 7) is 0. The van der Waals surface area contributed by atoms with Crippen LogP contribution in [-0.4, -0.2) is 19.5 Å². The van der Waals surface area contributed by atoms with Gasteiger partial charge in [0.05, 0.1) is 16.7 Å². The van der Waals surface area contributed by atoms with Crippen molar-refractivity contribution in [2.45, 2.75) is 0 Å². The van der Waals surface area contributed by atoms with Crippen molar-refractivity contribution in [3.05, 3.63) is 206 Å². The number of nitrogens with zero attached hydrogens (tertiary/aromatic N) is 4. The first kappa shape index (κ1) is 34.3. The second-order valence-electron chi connectivity index (χ2n) is 15.2. The summed E-state index contributed by atoms with van der Waals surface area (Å²) >= 11 is 1.79. The van der Waals surface area contributed by atoms with Crippen LogP contribution in [0.4, 0.5) is 0 Å². The van der Waals surface area contributed by atoms with Gasteiger partial charge in [-0.25, -0.2) is 15.0 Å². The third-order valence-electron chi connectivity index (χ3n) is 11.6. The number of hydrogen-bond donors (Lipinski definition) is 0. The number of rotatable bonds is 6. The van der Waals surface area contributed by atoms with Crippen LogP contribution in [0.3, 0.4) is 0 Å². The van der Waals surface area contributed by atoms with Gasteiger partial charge in [-0.15, -0.1) is 11.3 Å². The van der Waals surface area contributed by atoms with Gasteiger partial charge >= 0.3 is 0 Å². The van der Waals surface area contributed by atoms with Gasteiger partial charge in [-0.2, -0.15) is 0 Å². The maximum absolute atomic E-state index is 5.25. The zero-order valence-electron chi connectivity index (χ0n) is 32.3. The molecule has 0 saturated heterocycles. The minimum absolute atomic E-state index is 0.635. The third-order valence-corrected chi connectivity index (χ3v) is 12.9. The van der Waals surface area contributed by atoms with E-state index in [1.807, 2.05) is 18.2 Å². The highest BCUT2D eigenvalue weighted by Gasteiger charge is 2.20. The first-order valence-electron chi connectivity index (χ1n) is 20.2. The molecular formula is C55H34N4S. The van der Waals surface area contributed by atoms with Crippen molar-refractivity contribution in [1.29, 1.82) is 0 Å². The second-order valence-corrected chi connectivity index (χ2v) is 16.2. The Morgan fingerprint density at radius 1 is 0.350 bits per heavy atom. The van der Waals surface area contributed by atoms with E-state index in [2.05, 4.69) is 193 Å². The Morgan fingerprint density at radius 3 is 1.80 bits per heavy atom. The summed E-state index contributed by atoms with van der Waals surface area (Å²) in [5, 5.41) is 7.28. The van der Waals surface area contributed by atoms with Crippen LogP contribution in [0.1, 0.15) is 0 Å². The van der Waals surface area contributed by atoms with Crippen LogP contribution in [-0.2, 0) is 0 Å². The molecule has 3 aromatic heterocycles. The van der Waals surface area contributed by atoms with Crippen LogP contribution in [0.15, 0.2) is 206 Å². The minimum atomic E-state index is 0.635. The smallest absolute Gasteiger partial charge is 0.165 e. The van der Waals surface area contributed by atoms with Gasteiger partial charge in [0, 0.05) is 53.0 Å². The van der Waals surface area contributed by atoms with E-state index in [1.165, 1.54) is 63.9 Å². The molecule has 0 spiro atoms. The molecule has 280 valence electrons. The van der Waals surface area contributed by atoms with Gasteiger partial charge in [-0.05, 0) is 70.1 Å². The summed E-state index contributed by atoms with van der Waals surface area (Å²) in [5.41, 5.74) is 11.0. The number of fused-ring (bicyclic) bond motifs is 7. The van der Waals surface area contributed by atoms with Crippen molar-refractivity contribution in [3.8, 4) is 62.1 Å². The van der Waals surface area contributed by atoms with Gasteiger partial charge in [0.15, 0.2) is 17.5 Å². The molecule has 0 aliphatic heterocycles. The van der Waals surface area contributed by atoms with Gasteiger partial charge in [-0.3, -0.25) is 0 Å². The normalized spacial score (nSPS) is 11.7. The fourth-order valence-electron chi connectivity index (χ4n) is 8.88. The van der Waals surface area contributed by atoms with Crippen LogP contribution < -0.4 is 0 Å². The molecule has 0 atom stereocenters. The van der Waals surface area contributed by atoms with Crippen molar-refractivity contribution in [2.24, 2.45) is 0 Å². The predicted octanol–water partition coefficient (Wildman–Crippen LogP) is 14.8. The highest BCUT2D eigenvalue weighted by atomic mass is 32.1. The Labute approximate surface area is 350 Å². The molecule has 9 aromatic carbocycles. The van der Waals surface area contributed by atoms with E-state index in [9.17, 15) is 0 Å². The fraction of sp³-hybridized carbons (Fsp3) is 0. The summed E-state index contributed by atoms with van der Waals surface area (Å²) in [7, 11) is 0. The third kappa shape index (κ3) is 5.63. The Kier molecular flexibility index (Phi) is 8.00. The average molecular weight is 783 g/mol. The zero-order valence-corrected chi connectivity index (χ0v) is 33.1. The Morgan fingerprint density at radius 2 is 0.950 bits per heavy atom. The molecule has 0 aliphatic rings. The van der Waals surface area contributed by atoms with Crippen LogP contribution >= 0.6 is 11.3 Å². The first-order chi connectivity index (χ1) is 29.7. The summed E-state index contributed by atoms with van der Waals surface area (Å²) in [6.07, 6.45) is 0. The Bertz CT molecular complexity index is 3600. The van der Waals surface area contributed by atoms with E-state index < -0.39 is 0 Å². The molecule has 12 rings (SSSR count). The molecule has 60 heavy (non-hydrogen) atoms. The highest BCUT2D eigenvalue weighted by molar-refractivity contribution is 7.26. The number of aromatic nitrogens is 4. The lowest BCUT2D eigenvalue weighted by atomic mass is 9.95. The lowest BCUT2D eigenvalue weighted by Crippen LogP contribution is -2.00. The minimum Gasteiger partial charge on any atom is -0.309 e. The monoisotopic (exact) mass is 782 g/mol. The van der Waals surface area contributed by atoms with Gasteiger partial charge in [-0.1, -0.05) is 164 Å². The van der Waals surface area contributed by atoms with Crippen LogP contribution in [0.2, 0.25) is 0 Å². The molecule has 0 radical (unpaired) electrons. The molecule has 0 fully saturated rings. The number of benzene rings is 9. The molecule has 0 aliphatic carbocycles. The second kappa shape index (κ2) is 14.0. The first-order valence-corrected chi connectivity index (χ1v) is 21.0. The quantitative estimate of drug-likeness (QED) is 0.169. The lowest BCUT2D eigenvalue weighted by molar-refractivity contribution is 1.08. The van der Waals surface area contributed by atoms with Crippen LogP contribution in [0.25, 0.3) is 115 Å². The number of para-hydroxylation sites is 1. The molecule has 0 saturated carbocycles. The SMILES string of the molecule is c1ccc(-c2ccc3c(c2)c2ccccc2n3-c2cccc3cccc(-c4cccc(-c5nc(-c6ccccc6)nc(-c6cccc7c6sc6ccccc67)n5)c4)c23)cc1. The molecule has 0 N–H and O–H groups in total. The van der Waals surface area contributed by atoms with Crippen molar-refractivity contribution in [1.82, 2.24) is 19.5 Å². The predicted molar refractivity (Wildman–Crippen MR) is 252 cm³/mol. The summed E-state index contributed by atoms with van der Waals surface area (Å²) in [4.78, 5) is 15.5. The summed E-state index contributed by atoms with van der Waals surface area (Å²) in [6, 6.07) is 73.4. The van der Waals surface area contributed by atoms with E-state index in [1.54, 1.807) is 11.3 Å². The van der Waals surface area contributed by atoms with Crippen molar-refractivity contribution < 1.29 is 0 Å². The topological polar surface area (TPSA) is 43.6 Å². The zero-order chi connectivity index (χ0) is 39.6. The van der Waals surface area contributed by atoms with E-state index in [-0.39, 0.29) is 0 Å². The van der Waals surface area contributed by atoms with Crippen molar-refractivity contribution >= 4 is 64.1 Å². The highest BCUT2D eigenvalue weighted by Crippen LogP contribution is 2.42. The molecule has 0 unspecified atom stereocenters. The summed E-state index contributed by atoms with van der Waals surface area (Å²) < 4.78 is 4.86. The van der Waals surface area contributed by atoms with Crippen LogP contribution in [0.5, 0.6) is 0 Å². The molecule has 0 bridgehead atoms. The molecule has 0 amide bonds. The van der Waals surface area contributed by atoms with E-state index in [0.717, 1.165) is 33.5 Å². The standard InChI is InChI=1S/C55H34N4S/c1-3-15-35(16-4-1)38-31-32-48-46(34-38)42-23-7-9-28-47(42)59(48)49-29-13-20-36-19-12-25-41(51(36)49)39-21-11-22-40(33-39)54-56-53(37-17-5-2-6-18-37)57-55(58-54)45-27-14-26-44-43-24-8-10-30-50(43)60-52(44)45/h1-34H. The van der Waals surface area contributed by atoms with E-state index in [4.69, 9.17) is 15.0 Å². The van der Waals surface area contributed by atoms with Gasteiger partial charge in [0.1, 0.15) is 0 Å². The summed E-state index contributed by atoms with van der Waals surface area (Å²) in [5.74, 6) is 1.94. The van der Waals surface area contributed by atoms with E-state index >= 15 is 0 Å². The lowest BCUT2D eigenvalue weighted by Gasteiger charge is -2.16. The van der Waals surface area contributed by atoms with E-state index in [0.29, 0.717) is 17.5 Å². The molecule has 5 heteroatoms. The average Bonchev–Trinajstić information content (AvgIpc) is 3.87. The number of thiophene rings is 1. The maximum atomic E-state index is 5.25. The number of hydrogen-bond acceptors (Lipinski definition) is 4.